The molecule has 0 aliphatic carbocycles. The van der Waals surface area contributed by atoms with Gasteiger partial charge in [-0.3, -0.25) is 4.79 Å². The number of hydrogen-bond acceptors (Lipinski definition) is 3. The third kappa shape index (κ3) is 3.21. The molecular formula is C8H4ClF3INO2. The third-order valence-corrected chi connectivity index (χ3v) is 3.11. The first-order chi connectivity index (χ1) is 7.39. The van der Waals surface area contributed by atoms with E-state index in [1.807, 2.05) is 0 Å². The van der Waals surface area contributed by atoms with Gasteiger partial charge in [-0.25, -0.2) is 4.98 Å². The van der Waals surface area contributed by atoms with Crippen molar-refractivity contribution in [2.45, 2.75) is 12.2 Å². The van der Waals surface area contributed by atoms with Gasteiger partial charge in [0.15, 0.2) is 6.29 Å². The topological polar surface area (TPSA) is 39.2 Å². The van der Waals surface area contributed by atoms with Gasteiger partial charge in [0.25, 0.3) is 0 Å². The van der Waals surface area contributed by atoms with Gasteiger partial charge in [0, 0.05) is 20.9 Å². The van der Waals surface area contributed by atoms with Crippen LogP contribution in [0.4, 0.5) is 13.2 Å². The van der Waals surface area contributed by atoms with Gasteiger partial charge in [-0.1, -0.05) is 0 Å². The highest BCUT2D eigenvalue weighted by molar-refractivity contribution is 14.1. The highest BCUT2D eigenvalue weighted by atomic mass is 127. The Kier molecular flexibility index (Phi) is 4.36. The van der Waals surface area contributed by atoms with Gasteiger partial charge >= 0.3 is 6.36 Å². The molecule has 0 bridgehead atoms. The molecule has 0 spiro atoms. The number of carbonyl (C=O) groups is 1. The summed E-state index contributed by atoms with van der Waals surface area (Å²) >= 11 is 7.20. The van der Waals surface area contributed by atoms with Gasteiger partial charge in [0.05, 0.1) is 5.88 Å². The van der Waals surface area contributed by atoms with Crippen molar-refractivity contribution in [2.24, 2.45) is 0 Å². The molecule has 0 aromatic carbocycles. The molecule has 0 aliphatic rings. The summed E-state index contributed by atoms with van der Waals surface area (Å²) in [6.07, 6.45) is -3.34. The Hall–Kier alpha value is -0.570. The molecule has 0 unspecified atom stereocenters. The maximum Gasteiger partial charge on any atom is 0.574 e. The lowest BCUT2D eigenvalue weighted by Gasteiger charge is -2.12. The van der Waals surface area contributed by atoms with Crippen molar-refractivity contribution >= 4 is 40.5 Å². The second-order valence-electron chi connectivity index (χ2n) is 2.61. The lowest BCUT2D eigenvalue weighted by atomic mass is 10.2. The van der Waals surface area contributed by atoms with E-state index in [0.717, 1.165) is 6.20 Å². The fourth-order valence-electron chi connectivity index (χ4n) is 0.926. The summed E-state index contributed by atoms with van der Waals surface area (Å²) in [7, 11) is 0. The Labute approximate surface area is 107 Å². The van der Waals surface area contributed by atoms with Gasteiger partial charge in [-0.2, -0.15) is 0 Å². The van der Waals surface area contributed by atoms with Crippen molar-refractivity contribution in [2.75, 3.05) is 0 Å². The van der Waals surface area contributed by atoms with E-state index in [1.54, 1.807) is 22.6 Å². The summed E-state index contributed by atoms with van der Waals surface area (Å²) in [5.74, 6) is -0.851. The molecule has 0 saturated carbocycles. The molecule has 1 rings (SSSR count). The summed E-state index contributed by atoms with van der Waals surface area (Å²) in [6, 6.07) is 0. The first-order valence-electron chi connectivity index (χ1n) is 3.83. The van der Waals surface area contributed by atoms with E-state index in [9.17, 15) is 18.0 Å². The highest BCUT2D eigenvalue weighted by Crippen LogP contribution is 2.29. The van der Waals surface area contributed by atoms with Crippen LogP contribution in [0.2, 0.25) is 0 Å². The molecule has 88 valence electrons. The Bertz CT molecular complexity index is 411. The van der Waals surface area contributed by atoms with Crippen molar-refractivity contribution in [3.63, 3.8) is 0 Å². The quantitative estimate of drug-likeness (QED) is 0.469. The average molecular weight is 365 g/mol. The SMILES string of the molecule is O=Cc1cnc(OC(F)(F)F)c(CCl)c1I. The Morgan fingerprint density at radius 3 is 2.62 bits per heavy atom. The minimum absolute atomic E-state index is 0.0455. The molecule has 1 aromatic rings. The van der Waals surface area contributed by atoms with Crippen LogP contribution in [0.25, 0.3) is 0 Å². The summed E-state index contributed by atoms with van der Waals surface area (Å²) in [5.41, 5.74) is 0.218. The number of aromatic nitrogens is 1. The number of rotatable bonds is 3. The molecule has 3 nitrogen and oxygen atoms in total. The van der Waals surface area contributed by atoms with E-state index in [4.69, 9.17) is 11.6 Å². The third-order valence-electron chi connectivity index (χ3n) is 1.57. The van der Waals surface area contributed by atoms with E-state index < -0.39 is 12.2 Å². The van der Waals surface area contributed by atoms with Crippen LogP contribution < -0.4 is 4.74 Å². The zero-order valence-electron chi connectivity index (χ0n) is 7.52. The van der Waals surface area contributed by atoms with Crippen LogP contribution in [0.3, 0.4) is 0 Å². The lowest BCUT2D eigenvalue weighted by Crippen LogP contribution is -2.19. The zero-order valence-corrected chi connectivity index (χ0v) is 10.4. The number of aldehydes is 1. The minimum atomic E-state index is -4.83. The van der Waals surface area contributed by atoms with Crippen LogP contribution in [0.1, 0.15) is 15.9 Å². The number of hydrogen-bond donors (Lipinski definition) is 0. The predicted molar refractivity (Wildman–Crippen MR) is 58.6 cm³/mol. The fourth-order valence-corrected chi connectivity index (χ4v) is 2.09. The summed E-state index contributed by atoms with van der Waals surface area (Å²) in [4.78, 5) is 13.9. The van der Waals surface area contributed by atoms with Crippen LogP contribution in [-0.2, 0) is 5.88 Å². The van der Waals surface area contributed by atoms with Gasteiger partial charge in [0.2, 0.25) is 5.88 Å². The largest absolute Gasteiger partial charge is 0.574 e. The van der Waals surface area contributed by atoms with E-state index in [0.29, 0.717) is 9.86 Å². The predicted octanol–water partition coefficient (Wildman–Crippen LogP) is 3.14. The molecule has 0 saturated heterocycles. The van der Waals surface area contributed by atoms with Gasteiger partial charge < -0.3 is 4.74 Å². The molecule has 0 fully saturated rings. The smallest absolute Gasteiger partial charge is 0.387 e. The molecule has 8 heteroatoms. The first kappa shape index (κ1) is 13.5. The Morgan fingerprint density at radius 1 is 1.56 bits per heavy atom. The van der Waals surface area contributed by atoms with E-state index in [1.165, 1.54) is 0 Å². The maximum atomic E-state index is 12.0. The number of carbonyl (C=O) groups excluding carboxylic acids is 1. The molecule has 1 aromatic heterocycles. The van der Waals surface area contributed by atoms with Crippen molar-refractivity contribution in [1.82, 2.24) is 4.98 Å². The molecule has 0 radical (unpaired) electrons. The molecule has 0 N–H and O–H groups in total. The molecule has 0 amide bonds. The molecular weight excluding hydrogens is 361 g/mol. The second kappa shape index (κ2) is 5.17. The maximum absolute atomic E-state index is 12.0. The van der Waals surface area contributed by atoms with E-state index in [-0.39, 0.29) is 17.0 Å². The van der Waals surface area contributed by atoms with Crippen LogP contribution in [-0.4, -0.2) is 17.6 Å². The average Bonchev–Trinajstić information content (AvgIpc) is 2.16. The monoisotopic (exact) mass is 365 g/mol. The zero-order chi connectivity index (χ0) is 12.3. The van der Waals surface area contributed by atoms with Crippen LogP contribution in [0, 0.1) is 3.57 Å². The van der Waals surface area contributed by atoms with Crippen molar-refractivity contribution in [3.05, 3.63) is 20.9 Å². The van der Waals surface area contributed by atoms with Crippen molar-refractivity contribution in [1.29, 1.82) is 0 Å². The Morgan fingerprint density at radius 2 is 2.19 bits per heavy atom. The summed E-state index contributed by atoms with van der Waals surface area (Å²) in [5, 5.41) is 0. The van der Waals surface area contributed by atoms with Crippen LogP contribution in [0.5, 0.6) is 5.88 Å². The Balaban J connectivity index is 3.21. The highest BCUT2D eigenvalue weighted by Gasteiger charge is 2.33. The number of pyridine rings is 1. The molecule has 0 atom stereocenters. The van der Waals surface area contributed by atoms with Gasteiger partial charge in [-0.05, 0) is 22.6 Å². The lowest BCUT2D eigenvalue weighted by molar-refractivity contribution is -0.276. The first-order valence-corrected chi connectivity index (χ1v) is 5.44. The van der Waals surface area contributed by atoms with Crippen molar-refractivity contribution < 1.29 is 22.7 Å². The number of nitrogens with zero attached hydrogens (tertiary/aromatic N) is 1. The molecule has 0 aliphatic heterocycles. The number of halogens is 5. The number of ether oxygens (including phenoxy) is 1. The van der Waals surface area contributed by atoms with Gasteiger partial charge in [0.1, 0.15) is 0 Å². The van der Waals surface area contributed by atoms with Crippen molar-refractivity contribution in [3.8, 4) is 5.88 Å². The number of alkyl halides is 4. The molecule has 16 heavy (non-hydrogen) atoms. The standard InChI is InChI=1S/C8H4ClF3INO2/c9-1-5-6(13)4(3-15)2-14-7(5)16-8(10,11)12/h2-3H,1H2. The summed E-state index contributed by atoms with van der Waals surface area (Å²) < 4.78 is 40.0. The minimum Gasteiger partial charge on any atom is -0.387 e. The normalized spacial score (nSPS) is 11.3. The van der Waals surface area contributed by atoms with Crippen LogP contribution in [0.15, 0.2) is 6.20 Å². The second-order valence-corrected chi connectivity index (χ2v) is 3.96. The molecule has 1 heterocycles. The van der Waals surface area contributed by atoms with Crippen LogP contribution >= 0.6 is 34.2 Å². The van der Waals surface area contributed by atoms with E-state index in [2.05, 4.69) is 9.72 Å². The van der Waals surface area contributed by atoms with E-state index >= 15 is 0 Å². The fraction of sp³-hybridized carbons (Fsp3) is 0.250. The summed E-state index contributed by atoms with van der Waals surface area (Å²) in [6.45, 7) is 0. The van der Waals surface area contributed by atoms with Gasteiger partial charge in [-0.15, -0.1) is 24.8 Å².